The number of carbonyl (C=O) groups is 1. The molecule has 1 aromatic carbocycles. The Kier molecular flexibility index (Phi) is 3.47. The number of carbonyl (C=O) groups excluding carboxylic acids is 1. The van der Waals surface area contributed by atoms with E-state index < -0.39 is 0 Å². The van der Waals surface area contributed by atoms with Crippen molar-refractivity contribution in [3.8, 4) is 5.75 Å². The van der Waals surface area contributed by atoms with Gasteiger partial charge in [-0.05, 0) is 42.5 Å². The predicted octanol–water partition coefficient (Wildman–Crippen LogP) is 2.28. The molecule has 3 heteroatoms. The molecule has 0 amide bonds. The lowest BCUT2D eigenvalue weighted by atomic mass is 9.88. The van der Waals surface area contributed by atoms with Crippen LogP contribution in [0, 0.1) is 0 Å². The molecule has 1 aliphatic rings. The second kappa shape index (κ2) is 5.04. The zero-order chi connectivity index (χ0) is 12.3. The van der Waals surface area contributed by atoms with E-state index in [2.05, 4.69) is 16.9 Å². The van der Waals surface area contributed by atoms with Gasteiger partial charge in [0.05, 0.1) is 14.2 Å². The minimum absolute atomic E-state index is 0.267. The van der Waals surface area contributed by atoms with Gasteiger partial charge in [0.15, 0.2) is 0 Å². The first-order valence-corrected chi connectivity index (χ1v) is 5.66. The molecule has 90 valence electrons. The maximum Gasteiger partial charge on any atom is 0.330 e. The summed E-state index contributed by atoms with van der Waals surface area (Å²) in [5.41, 5.74) is 3.72. The summed E-state index contributed by atoms with van der Waals surface area (Å²) in [7, 11) is 3.08. The Morgan fingerprint density at radius 1 is 1.24 bits per heavy atom. The minimum atomic E-state index is -0.267. The van der Waals surface area contributed by atoms with Gasteiger partial charge in [0.25, 0.3) is 0 Å². The lowest BCUT2D eigenvalue weighted by molar-refractivity contribution is -0.134. The van der Waals surface area contributed by atoms with Gasteiger partial charge in [-0.1, -0.05) is 11.6 Å². The number of hydrogen-bond donors (Lipinski definition) is 0. The lowest BCUT2D eigenvalue weighted by Crippen LogP contribution is -2.08. The zero-order valence-electron chi connectivity index (χ0n) is 10.2. The molecular weight excluding hydrogens is 216 g/mol. The smallest absolute Gasteiger partial charge is 0.330 e. The van der Waals surface area contributed by atoms with Crippen molar-refractivity contribution < 1.29 is 14.3 Å². The highest BCUT2D eigenvalue weighted by atomic mass is 16.5. The highest BCUT2D eigenvalue weighted by Crippen LogP contribution is 2.28. The summed E-state index contributed by atoms with van der Waals surface area (Å²) in [5, 5.41) is 0. The quantitative estimate of drug-likeness (QED) is 0.579. The van der Waals surface area contributed by atoms with E-state index in [1.165, 1.54) is 18.2 Å². The summed E-state index contributed by atoms with van der Waals surface area (Å²) >= 11 is 0. The Morgan fingerprint density at radius 3 is 2.76 bits per heavy atom. The van der Waals surface area contributed by atoms with Gasteiger partial charge in [-0.3, -0.25) is 0 Å². The molecule has 0 N–H and O–H groups in total. The Hall–Kier alpha value is -1.77. The molecule has 0 saturated carbocycles. The third-order valence-electron chi connectivity index (χ3n) is 3.07. The highest BCUT2D eigenvalue weighted by Gasteiger charge is 2.14. The fourth-order valence-corrected chi connectivity index (χ4v) is 2.11. The maximum atomic E-state index is 11.2. The second-order valence-corrected chi connectivity index (χ2v) is 4.14. The van der Waals surface area contributed by atoms with E-state index in [4.69, 9.17) is 4.74 Å². The molecule has 0 spiro atoms. The van der Waals surface area contributed by atoms with Gasteiger partial charge in [0.1, 0.15) is 5.75 Å². The summed E-state index contributed by atoms with van der Waals surface area (Å²) < 4.78 is 9.84. The number of aryl methyl sites for hydroxylation is 1. The van der Waals surface area contributed by atoms with E-state index in [0.29, 0.717) is 0 Å². The van der Waals surface area contributed by atoms with Gasteiger partial charge in [-0.2, -0.15) is 0 Å². The van der Waals surface area contributed by atoms with Crippen LogP contribution in [-0.2, 0) is 22.4 Å². The normalized spacial score (nSPS) is 16.5. The Bertz CT molecular complexity index is 461. The summed E-state index contributed by atoms with van der Waals surface area (Å²) in [6.45, 7) is 0. The SMILES string of the molecule is COC(=O)/C=C1\CCc2cc(OC)ccc2C1. The number of esters is 1. The van der Waals surface area contributed by atoms with Gasteiger partial charge in [-0.25, -0.2) is 4.79 Å². The first-order chi connectivity index (χ1) is 8.22. The van der Waals surface area contributed by atoms with Gasteiger partial charge >= 0.3 is 5.97 Å². The molecule has 0 radical (unpaired) electrons. The van der Waals surface area contributed by atoms with Crippen LogP contribution in [0.2, 0.25) is 0 Å². The second-order valence-electron chi connectivity index (χ2n) is 4.14. The van der Waals surface area contributed by atoms with E-state index in [-0.39, 0.29) is 5.97 Å². The molecule has 0 heterocycles. The van der Waals surface area contributed by atoms with Crippen LogP contribution in [0.3, 0.4) is 0 Å². The Labute approximate surface area is 101 Å². The molecular formula is C14H16O3. The van der Waals surface area contributed by atoms with Crippen molar-refractivity contribution in [3.63, 3.8) is 0 Å². The first-order valence-electron chi connectivity index (χ1n) is 5.66. The zero-order valence-corrected chi connectivity index (χ0v) is 10.2. The van der Waals surface area contributed by atoms with Crippen molar-refractivity contribution in [2.45, 2.75) is 19.3 Å². The van der Waals surface area contributed by atoms with Crippen LogP contribution < -0.4 is 4.74 Å². The van der Waals surface area contributed by atoms with Gasteiger partial charge in [0, 0.05) is 6.08 Å². The van der Waals surface area contributed by atoms with E-state index >= 15 is 0 Å². The van der Waals surface area contributed by atoms with Crippen LogP contribution >= 0.6 is 0 Å². The number of hydrogen-bond acceptors (Lipinski definition) is 3. The molecule has 0 saturated heterocycles. The van der Waals surface area contributed by atoms with Gasteiger partial charge < -0.3 is 9.47 Å². The van der Waals surface area contributed by atoms with Crippen molar-refractivity contribution in [3.05, 3.63) is 41.0 Å². The monoisotopic (exact) mass is 232 g/mol. The standard InChI is InChI=1S/C14H16O3/c1-16-13-6-5-11-7-10(8-14(15)17-2)3-4-12(11)9-13/h5-6,8-9H,3-4,7H2,1-2H3/b10-8+. The third kappa shape index (κ3) is 2.67. The molecule has 0 unspecified atom stereocenters. The average molecular weight is 232 g/mol. The highest BCUT2D eigenvalue weighted by molar-refractivity contribution is 5.82. The van der Waals surface area contributed by atoms with Crippen molar-refractivity contribution in [1.82, 2.24) is 0 Å². The molecule has 0 bridgehead atoms. The van der Waals surface area contributed by atoms with Crippen LogP contribution in [0.5, 0.6) is 5.75 Å². The number of rotatable bonds is 2. The van der Waals surface area contributed by atoms with E-state index in [1.54, 1.807) is 13.2 Å². The molecule has 0 atom stereocenters. The van der Waals surface area contributed by atoms with Crippen LogP contribution in [0.1, 0.15) is 17.5 Å². The van der Waals surface area contributed by atoms with E-state index in [0.717, 1.165) is 30.6 Å². The van der Waals surface area contributed by atoms with Crippen molar-refractivity contribution >= 4 is 5.97 Å². The average Bonchev–Trinajstić information content (AvgIpc) is 2.38. The minimum Gasteiger partial charge on any atom is -0.497 e. The molecule has 0 aromatic heterocycles. The van der Waals surface area contributed by atoms with Crippen molar-refractivity contribution in [1.29, 1.82) is 0 Å². The first kappa shape index (κ1) is 11.7. The van der Waals surface area contributed by atoms with Crippen LogP contribution in [-0.4, -0.2) is 20.2 Å². The number of allylic oxidation sites excluding steroid dienone is 1. The van der Waals surface area contributed by atoms with Crippen LogP contribution in [0.4, 0.5) is 0 Å². The van der Waals surface area contributed by atoms with Gasteiger partial charge in [-0.15, -0.1) is 0 Å². The van der Waals surface area contributed by atoms with E-state index in [1.807, 2.05) is 6.07 Å². The molecule has 0 fully saturated rings. The van der Waals surface area contributed by atoms with Crippen molar-refractivity contribution in [2.24, 2.45) is 0 Å². The Balaban J connectivity index is 2.19. The molecule has 1 aliphatic carbocycles. The predicted molar refractivity (Wildman–Crippen MR) is 65.1 cm³/mol. The molecule has 1 aromatic rings. The number of methoxy groups -OCH3 is 2. The Morgan fingerprint density at radius 2 is 2.06 bits per heavy atom. The van der Waals surface area contributed by atoms with Crippen LogP contribution in [0.25, 0.3) is 0 Å². The largest absolute Gasteiger partial charge is 0.497 e. The molecule has 0 aliphatic heterocycles. The van der Waals surface area contributed by atoms with E-state index in [9.17, 15) is 4.79 Å². The number of fused-ring (bicyclic) bond motifs is 1. The third-order valence-corrected chi connectivity index (χ3v) is 3.07. The summed E-state index contributed by atoms with van der Waals surface area (Å²) in [4.78, 5) is 11.2. The fraction of sp³-hybridized carbons (Fsp3) is 0.357. The number of benzene rings is 1. The van der Waals surface area contributed by atoms with Crippen LogP contribution in [0.15, 0.2) is 29.8 Å². The topological polar surface area (TPSA) is 35.5 Å². The fourth-order valence-electron chi connectivity index (χ4n) is 2.11. The van der Waals surface area contributed by atoms with Gasteiger partial charge in [0.2, 0.25) is 0 Å². The number of ether oxygens (including phenoxy) is 2. The van der Waals surface area contributed by atoms with Crippen molar-refractivity contribution in [2.75, 3.05) is 14.2 Å². The molecule has 17 heavy (non-hydrogen) atoms. The molecule has 3 nitrogen and oxygen atoms in total. The lowest BCUT2D eigenvalue weighted by Gasteiger charge is -2.19. The summed E-state index contributed by atoms with van der Waals surface area (Å²) in [6, 6.07) is 6.10. The molecule has 2 rings (SSSR count). The summed E-state index contributed by atoms with van der Waals surface area (Å²) in [6.07, 6.45) is 4.30. The summed E-state index contributed by atoms with van der Waals surface area (Å²) in [5.74, 6) is 0.626. The maximum absolute atomic E-state index is 11.2.